The molecule has 0 heterocycles. The number of phenols is 2. The maximum Gasteiger partial charge on any atom is 0.331 e. The molecule has 0 radical (unpaired) electrons. The van der Waals surface area contributed by atoms with E-state index in [4.69, 9.17) is 0 Å². The lowest BCUT2D eigenvalue weighted by Gasteiger charge is -2.42. The largest absolute Gasteiger partial charge is 0.504 e. The number of carbonyl (C=O) groups is 2. The molecule has 5 atom stereocenters. The number of allylic oxidation sites excluding steroid dienone is 2. The number of aliphatic carboxylic acids is 2. The first kappa shape index (κ1) is 24.3. The molecule has 2 fully saturated rings. The predicted molar refractivity (Wildman–Crippen MR) is 135 cm³/mol. The maximum atomic E-state index is 12.2. The Balaban J connectivity index is 1.30. The summed E-state index contributed by atoms with van der Waals surface area (Å²) in [6.45, 7) is 0. The minimum atomic E-state index is -0.809. The SMILES string of the molecule is O=C(O)C1=CC2CCC1(CC(CSCCCc1ccc(O)c(O)c1)C13CCC(C=C1C(=O)O)C3)C2. The lowest BCUT2D eigenvalue weighted by molar-refractivity contribution is -0.135. The van der Waals surface area contributed by atoms with Gasteiger partial charge in [0.25, 0.3) is 0 Å². The fraction of sp³-hybridized carbons (Fsp3) is 0.571. The predicted octanol–water partition coefficient (Wildman–Crippen LogP) is 5.39. The van der Waals surface area contributed by atoms with E-state index < -0.39 is 11.9 Å². The van der Waals surface area contributed by atoms with Crippen molar-refractivity contribution in [2.24, 2.45) is 28.6 Å². The lowest BCUT2D eigenvalue weighted by atomic mass is 9.63. The van der Waals surface area contributed by atoms with Crippen LogP contribution in [0.4, 0.5) is 0 Å². The van der Waals surface area contributed by atoms with Crippen LogP contribution in [-0.4, -0.2) is 43.9 Å². The second-order valence-corrected chi connectivity index (χ2v) is 12.3. The van der Waals surface area contributed by atoms with E-state index in [0.717, 1.165) is 74.9 Å². The zero-order valence-corrected chi connectivity index (χ0v) is 20.7. The summed E-state index contributed by atoms with van der Waals surface area (Å²) in [6.07, 6.45) is 12.0. The molecule has 4 aliphatic rings. The molecule has 4 bridgehead atoms. The Bertz CT molecular complexity index is 1090. The van der Waals surface area contributed by atoms with Gasteiger partial charge in [0.15, 0.2) is 11.5 Å². The van der Waals surface area contributed by atoms with Crippen molar-refractivity contribution in [2.45, 2.75) is 57.8 Å². The van der Waals surface area contributed by atoms with E-state index in [1.54, 1.807) is 6.07 Å². The van der Waals surface area contributed by atoms with Crippen molar-refractivity contribution in [3.8, 4) is 11.5 Å². The van der Waals surface area contributed by atoms with Crippen LogP contribution in [0.15, 0.2) is 41.5 Å². The third kappa shape index (κ3) is 4.37. The van der Waals surface area contributed by atoms with Gasteiger partial charge >= 0.3 is 11.9 Å². The normalized spacial score (nSPS) is 31.4. The minimum absolute atomic E-state index is 0.104. The van der Waals surface area contributed by atoms with Gasteiger partial charge in [-0.05, 0) is 105 Å². The van der Waals surface area contributed by atoms with E-state index in [-0.39, 0.29) is 28.2 Å². The fourth-order valence-corrected chi connectivity index (χ4v) is 8.79. The number of benzene rings is 1. The first-order chi connectivity index (χ1) is 16.7. The second-order valence-electron chi connectivity index (χ2n) is 11.1. The summed E-state index contributed by atoms with van der Waals surface area (Å²) in [5.41, 5.74) is 1.46. The molecule has 2 saturated carbocycles. The molecule has 7 heteroatoms. The summed E-state index contributed by atoms with van der Waals surface area (Å²) in [4.78, 5) is 24.3. The number of fused-ring (bicyclic) bond motifs is 4. The van der Waals surface area contributed by atoms with Crippen LogP contribution in [0.3, 0.4) is 0 Å². The number of aromatic hydroxyl groups is 2. The van der Waals surface area contributed by atoms with E-state index in [2.05, 4.69) is 0 Å². The molecule has 6 nitrogen and oxygen atoms in total. The summed E-state index contributed by atoms with van der Waals surface area (Å²) in [6, 6.07) is 4.92. The summed E-state index contributed by atoms with van der Waals surface area (Å²) in [7, 11) is 0. The Morgan fingerprint density at radius 3 is 2.37 bits per heavy atom. The van der Waals surface area contributed by atoms with Gasteiger partial charge in [-0.3, -0.25) is 0 Å². The van der Waals surface area contributed by atoms with Crippen molar-refractivity contribution in [1.29, 1.82) is 0 Å². The van der Waals surface area contributed by atoms with Crippen molar-refractivity contribution in [3.63, 3.8) is 0 Å². The molecule has 188 valence electrons. The van der Waals surface area contributed by atoms with Crippen LogP contribution in [0.1, 0.15) is 56.9 Å². The topological polar surface area (TPSA) is 115 Å². The molecule has 0 aromatic heterocycles. The van der Waals surface area contributed by atoms with Crippen molar-refractivity contribution in [2.75, 3.05) is 11.5 Å². The summed E-state index contributed by atoms with van der Waals surface area (Å²) < 4.78 is 0. The van der Waals surface area contributed by atoms with Crippen LogP contribution < -0.4 is 0 Å². The molecule has 5 rings (SSSR count). The molecule has 0 spiro atoms. The number of aryl methyl sites for hydroxylation is 1. The van der Waals surface area contributed by atoms with E-state index in [1.807, 2.05) is 30.0 Å². The van der Waals surface area contributed by atoms with Gasteiger partial charge in [0, 0.05) is 22.0 Å². The van der Waals surface area contributed by atoms with Gasteiger partial charge in [0.1, 0.15) is 0 Å². The third-order valence-corrected chi connectivity index (χ3v) is 10.4. The Morgan fingerprint density at radius 2 is 1.69 bits per heavy atom. The van der Waals surface area contributed by atoms with Crippen LogP contribution in [0.2, 0.25) is 0 Å². The van der Waals surface area contributed by atoms with Gasteiger partial charge in [0.05, 0.1) is 0 Å². The number of phenolic OH excluding ortho intramolecular Hbond substituents is 2. The van der Waals surface area contributed by atoms with Crippen LogP contribution in [-0.2, 0) is 16.0 Å². The Kier molecular flexibility index (Phi) is 6.41. The van der Waals surface area contributed by atoms with Gasteiger partial charge in [0.2, 0.25) is 0 Å². The van der Waals surface area contributed by atoms with E-state index in [0.29, 0.717) is 23.0 Å². The number of rotatable bonds is 11. The highest BCUT2D eigenvalue weighted by molar-refractivity contribution is 7.99. The molecule has 0 amide bonds. The average molecular weight is 499 g/mol. The molecular formula is C28H34O6S. The highest BCUT2D eigenvalue weighted by atomic mass is 32.2. The van der Waals surface area contributed by atoms with Gasteiger partial charge in [-0.15, -0.1) is 0 Å². The molecule has 1 aromatic rings. The molecule has 0 aliphatic heterocycles. The number of hydrogen-bond acceptors (Lipinski definition) is 5. The van der Waals surface area contributed by atoms with Crippen LogP contribution in [0.25, 0.3) is 0 Å². The molecule has 4 N–H and O–H groups in total. The number of thioether (sulfide) groups is 1. The summed E-state index contributed by atoms with van der Waals surface area (Å²) in [5, 5.41) is 39.2. The first-order valence-corrected chi connectivity index (χ1v) is 13.9. The molecule has 35 heavy (non-hydrogen) atoms. The second kappa shape index (κ2) is 9.23. The molecule has 1 aromatic carbocycles. The van der Waals surface area contributed by atoms with E-state index >= 15 is 0 Å². The lowest BCUT2D eigenvalue weighted by Crippen LogP contribution is -2.38. The molecular weight excluding hydrogens is 464 g/mol. The Morgan fingerprint density at radius 1 is 0.971 bits per heavy atom. The molecule has 4 aliphatic carbocycles. The smallest absolute Gasteiger partial charge is 0.331 e. The van der Waals surface area contributed by atoms with Gasteiger partial charge in [-0.25, -0.2) is 9.59 Å². The van der Waals surface area contributed by atoms with Crippen molar-refractivity contribution < 1.29 is 30.0 Å². The minimum Gasteiger partial charge on any atom is -0.504 e. The highest BCUT2D eigenvalue weighted by Crippen LogP contribution is 2.64. The highest BCUT2D eigenvalue weighted by Gasteiger charge is 2.57. The summed E-state index contributed by atoms with van der Waals surface area (Å²) >= 11 is 1.84. The van der Waals surface area contributed by atoms with Crippen LogP contribution >= 0.6 is 11.8 Å². The summed E-state index contributed by atoms with van der Waals surface area (Å²) in [5.74, 6) is 0.722. The standard InChI is InChI=1S/C28H34O6S/c29-23-4-3-17(12-24(23)30)2-1-9-35-16-20(28-8-6-19(14-28)11-22(28)26(33)34)15-27-7-5-18(13-27)10-21(27)25(31)32/h3-4,10-12,18-20,29-30H,1-2,5-9,13-16H2,(H,31,32)(H,33,34). The van der Waals surface area contributed by atoms with Crippen molar-refractivity contribution in [3.05, 3.63) is 47.1 Å². The quantitative estimate of drug-likeness (QED) is 0.239. The molecule has 5 unspecified atom stereocenters. The first-order valence-electron chi connectivity index (χ1n) is 12.7. The number of carboxylic acid groups (broad SMARTS) is 2. The zero-order chi connectivity index (χ0) is 24.8. The fourth-order valence-electron chi connectivity index (χ4n) is 7.55. The molecule has 0 saturated heterocycles. The van der Waals surface area contributed by atoms with E-state index in [9.17, 15) is 30.0 Å². The van der Waals surface area contributed by atoms with E-state index in [1.165, 1.54) is 6.07 Å². The van der Waals surface area contributed by atoms with Gasteiger partial charge in [-0.1, -0.05) is 18.2 Å². The average Bonchev–Trinajstić information content (AvgIpc) is 3.59. The Labute approximate surface area is 210 Å². The zero-order valence-electron chi connectivity index (χ0n) is 19.9. The maximum absolute atomic E-state index is 12.2. The van der Waals surface area contributed by atoms with Crippen molar-refractivity contribution in [1.82, 2.24) is 0 Å². The van der Waals surface area contributed by atoms with Gasteiger partial charge < -0.3 is 20.4 Å². The van der Waals surface area contributed by atoms with Crippen molar-refractivity contribution >= 4 is 23.7 Å². The monoisotopic (exact) mass is 498 g/mol. The van der Waals surface area contributed by atoms with Crippen LogP contribution in [0.5, 0.6) is 11.5 Å². The van der Waals surface area contributed by atoms with Gasteiger partial charge in [-0.2, -0.15) is 11.8 Å². The number of hydrogen-bond donors (Lipinski definition) is 4. The third-order valence-electron chi connectivity index (χ3n) is 9.14. The number of carboxylic acids is 2. The van der Waals surface area contributed by atoms with Crippen LogP contribution in [0, 0.1) is 28.6 Å². The Hall–Kier alpha value is -2.41.